The minimum absolute atomic E-state index is 0.00864. The Hall–Kier alpha value is -2.93. The number of carbonyl (C=O) groups excluding carboxylic acids is 1. The molecule has 7 nitrogen and oxygen atoms in total. The monoisotopic (exact) mass is 304 g/mol. The molecule has 7 heteroatoms. The molecular weight excluding hydrogens is 292 g/mol. The number of hydrogen-bond donors (Lipinski definition) is 5. The zero-order valence-corrected chi connectivity index (χ0v) is 11.1. The van der Waals surface area contributed by atoms with Gasteiger partial charge in [-0.2, -0.15) is 0 Å². The third kappa shape index (κ3) is 1.99. The van der Waals surface area contributed by atoms with Crippen molar-refractivity contribution in [1.82, 2.24) is 0 Å². The quantitative estimate of drug-likeness (QED) is 0.501. The van der Waals surface area contributed by atoms with Gasteiger partial charge in [0.2, 0.25) is 5.78 Å². The maximum atomic E-state index is 12.2. The van der Waals surface area contributed by atoms with Crippen LogP contribution in [-0.4, -0.2) is 37.4 Å². The Morgan fingerprint density at radius 1 is 1.00 bits per heavy atom. The predicted molar refractivity (Wildman–Crippen MR) is 73.2 cm³/mol. The average Bonchev–Trinajstić information content (AvgIpc) is 2.45. The minimum atomic E-state index is -1.68. The van der Waals surface area contributed by atoms with E-state index in [0.717, 1.165) is 12.1 Å². The van der Waals surface area contributed by atoms with Crippen molar-refractivity contribution in [2.75, 3.05) is 0 Å². The molecule has 1 aliphatic rings. The summed E-state index contributed by atoms with van der Waals surface area (Å²) in [4.78, 5) is 12.2. The first kappa shape index (κ1) is 14.0. The van der Waals surface area contributed by atoms with Crippen molar-refractivity contribution in [3.05, 3.63) is 41.5 Å². The molecule has 3 rings (SSSR count). The summed E-state index contributed by atoms with van der Waals surface area (Å²) >= 11 is 0. The largest absolute Gasteiger partial charge is 0.508 e. The molecule has 22 heavy (non-hydrogen) atoms. The van der Waals surface area contributed by atoms with Crippen LogP contribution in [0, 0.1) is 0 Å². The Balaban J connectivity index is 2.13. The van der Waals surface area contributed by atoms with Crippen LogP contribution >= 0.6 is 0 Å². The van der Waals surface area contributed by atoms with Gasteiger partial charge in [0.25, 0.3) is 0 Å². The number of ether oxygens (including phenoxy) is 1. The number of aromatic hydroxyl groups is 4. The highest BCUT2D eigenvalue weighted by atomic mass is 16.5. The van der Waals surface area contributed by atoms with Crippen LogP contribution in [0.15, 0.2) is 30.3 Å². The number of phenolic OH excluding ortho intramolecular Hbond substituents is 4. The number of hydrogen-bond acceptors (Lipinski definition) is 7. The Morgan fingerprint density at radius 2 is 1.73 bits per heavy atom. The normalized spacial score (nSPS) is 20.3. The lowest BCUT2D eigenvalue weighted by atomic mass is 9.92. The summed E-state index contributed by atoms with van der Waals surface area (Å²) in [6, 6.07) is 6.11. The van der Waals surface area contributed by atoms with E-state index in [1.54, 1.807) is 0 Å². The third-order valence-electron chi connectivity index (χ3n) is 3.47. The second-order valence-electron chi connectivity index (χ2n) is 4.90. The smallest absolute Gasteiger partial charge is 0.202 e. The number of benzene rings is 2. The third-order valence-corrected chi connectivity index (χ3v) is 3.47. The number of aliphatic hydroxyl groups excluding tert-OH is 1. The summed E-state index contributed by atoms with van der Waals surface area (Å²) in [6.45, 7) is 0. The highest BCUT2D eigenvalue weighted by Gasteiger charge is 2.40. The summed E-state index contributed by atoms with van der Waals surface area (Å²) in [7, 11) is 0. The highest BCUT2D eigenvalue weighted by molar-refractivity contribution is 6.05. The molecule has 5 N–H and O–H groups in total. The summed E-state index contributed by atoms with van der Waals surface area (Å²) in [6.07, 6.45) is -2.97. The molecule has 0 aliphatic carbocycles. The second-order valence-corrected chi connectivity index (χ2v) is 4.90. The number of Topliss-reactive ketones (excluding diaryl/α,β-unsaturated/α-hetero) is 1. The van der Waals surface area contributed by atoms with Crippen molar-refractivity contribution in [3.8, 4) is 28.7 Å². The Morgan fingerprint density at radius 3 is 2.45 bits per heavy atom. The minimum Gasteiger partial charge on any atom is -0.508 e. The first-order valence-corrected chi connectivity index (χ1v) is 6.36. The van der Waals surface area contributed by atoms with Crippen molar-refractivity contribution < 1.29 is 35.1 Å². The zero-order valence-electron chi connectivity index (χ0n) is 11.1. The van der Waals surface area contributed by atoms with E-state index < -0.39 is 35.2 Å². The standard InChI is InChI=1S/C15H12O7/c16-6-4-9(18)11-10(5-6)22-15(14(21)13(11)20)7-2-1-3-8(17)12(7)19/h1-5,14-19,21H/t14-,15+/m0/s1. The average molecular weight is 304 g/mol. The Labute approximate surface area is 124 Å². The van der Waals surface area contributed by atoms with E-state index in [0.29, 0.717) is 0 Å². The van der Waals surface area contributed by atoms with Gasteiger partial charge >= 0.3 is 0 Å². The predicted octanol–water partition coefficient (Wildman–Crippen LogP) is 1.19. The van der Waals surface area contributed by atoms with E-state index in [-0.39, 0.29) is 22.6 Å². The van der Waals surface area contributed by atoms with E-state index >= 15 is 0 Å². The van der Waals surface area contributed by atoms with Crippen LogP contribution in [0.5, 0.6) is 28.7 Å². The lowest BCUT2D eigenvalue weighted by Crippen LogP contribution is -2.36. The first-order valence-electron chi connectivity index (χ1n) is 6.36. The fourth-order valence-electron chi connectivity index (χ4n) is 2.43. The van der Waals surface area contributed by atoms with Gasteiger partial charge in [0, 0.05) is 17.7 Å². The molecule has 0 saturated heterocycles. The summed E-state index contributed by atoms with van der Waals surface area (Å²) < 4.78 is 5.44. The molecule has 0 fully saturated rings. The summed E-state index contributed by atoms with van der Waals surface area (Å²) in [5.41, 5.74) is -0.240. The first-order chi connectivity index (χ1) is 10.4. The molecule has 0 bridgehead atoms. The van der Waals surface area contributed by atoms with Crippen LogP contribution in [0.1, 0.15) is 22.0 Å². The van der Waals surface area contributed by atoms with Gasteiger partial charge in [-0.15, -0.1) is 0 Å². The number of carbonyl (C=O) groups is 1. The van der Waals surface area contributed by atoms with Gasteiger partial charge in [0.15, 0.2) is 23.7 Å². The molecule has 2 aromatic carbocycles. The van der Waals surface area contributed by atoms with Crippen molar-refractivity contribution >= 4 is 5.78 Å². The number of aliphatic hydroxyl groups is 1. The number of ketones is 1. The van der Waals surface area contributed by atoms with Gasteiger partial charge < -0.3 is 30.3 Å². The van der Waals surface area contributed by atoms with Crippen LogP contribution < -0.4 is 4.74 Å². The lowest BCUT2D eigenvalue weighted by Gasteiger charge is -2.30. The molecular formula is C15H12O7. The van der Waals surface area contributed by atoms with Gasteiger partial charge in [-0.3, -0.25) is 4.79 Å². The van der Waals surface area contributed by atoms with Gasteiger partial charge in [0.05, 0.1) is 0 Å². The highest BCUT2D eigenvalue weighted by Crippen LogP contribution is 2.44. The maximum Gasteiger partial charge on any atom is 0.202 e. The fraction of sp³-hybridized carbons (Fsp3) is 0.133. The maximum absolute atomic E-state index is 12.2. The molecule has 0 aromatic heterocycles. The van der Waals surface area contributed by atoms with Crippen LogP contribution in [-0.2, 0) is 0 Å². The SMILES string of the molecule is O=C1c2c(O)cc(O)cc2O[C@H](c2cccc(O)c2O)[C@H]1O. The molecule has 1 aliphatic heterocycles. The van der Waals surface area contributed by atoms with Crippen molar-refractivity contribution in [1.29, 1.82) is 0 Å². The topological polar surface area (TPSA) is 127 Å². The van der Waals surface area contributed by atoms with Gasteiger partial charge in [0.1, 0.15) is 22.8 Å². The van der Waals surface area contributed by atoms with Gasteiger partial charge in [-0.05, 0) is 6.07 Å². The van der Waals surface area contributed by atoms with Crippen LogP contribution in [0.3, 0.4) is 0 Å². The molecule has 0 amide bonds. The molecule has 1 heterocycles. The van der Waals surface area contributed by atoms with Crippen LogP contribution in [0.2, 0.25) is 0 Å². The number of para-hydroxylation sites is 1. The molecule has 0 saturated carbocycles. The second kappa shape index (κ2) is 4.81. The fourth-order valence-corrected chi connectivity index (χ4v) is 2.43. The van der Waals surface area contributed by atoms with E-state index in [9.17, 15) is 30.3 Å². The summed E-state index contributed by atoms with van der Waals surface area (Å²) in [5, 5.41) is 48.7. The van der Waals surface area contributed by atoms with E-state index in [2.05, 4.69) is 0 Å². The van der Waals surface area contributed by atoms with Gasteiger partial charge in [-0.1, -0.05) is 12.1 Å². The number of rotatable bonds is 1. The number of fused-ring (bicyclic) bond motifs is 1. The van der Waals surface area contributed by atoms with Crippen LogP contribution in [0.4, 0.5) is 0 Å². The molecule has 0 spiro atoms. The van der Waals surface area contributed by atoms with E-state index in [1.807, 2.05) is 0 Å². The molecule has 0 radical (unpaired) electrons. The van der Waals surface area contributed by atoms with E-state index in [4.69, 9.17) is 4.74 Å². The van der Waals surface area contributed by atoms with Crippen molar-refractivity contribution in [2.24, 2.45) is 0 Å². The molecule has 114 valence electrons. The number of phenols is 4. The lowest BCUT2D eigenvalue weighted by molar-refractivity contribution is 0.0202. The Bertz CT molecular complexity index is 769. The molecule has 2 aromatic rings. The van der Waals surface area contributed by atoms with Crippen molar-refractivity contribution in [3.63, 3.8) is 0 Å². The molecule has 2 atom stereocenters. The van der Waals surface area contributed by atoms with Gasteiger partial charge in [-0.25, -0.2) is 0 Å². The van der Waals surface area contributed by atoms with Crippen LogP contribution in [0.25, 0.3) is 0 Å². The zero-order chi connectivity index (χ0) is 16.0. The molecule has 0 unspecified atom stereocenters. The van der Waals surface area contributed by atoms with E-state index in [1.165, 1.54) is 18.2 Å². The summed E-state index contributed by atoms with van der Waals surface area (Å²) in [5.74, 6) is -2.72. The Kier molecular flexibility index (Phi) is 3.07. The van der Waals surface area contributed by atoms with Crippen molar-refractivity contribution in [2.45, 2.75) is 12.2 Å².